The fraction of sp³-hybridized carbons (Fsp3) is 0.250. The molecule has 4 heteroatoms. The number of halogens is 1. The van der Waals surface area contributed by atoms with Gasteiger partial charge in [0.2, 0.25) is 0 Å². The van der Waals surface area contributed by atoms with Crippen LogP contribution in [0.2, 0.25) is 0 Å². The zero-order valence-electron chi connectivity index (χ0n) is 8.82. The Morgan fingerprint density at radius 1 is 1.25 bits per heavy atom. The molecule has 2 N–H and O–H groups in total. The number of rotatable bonds is 4. The molecule has 1 aromatic carbocycles. The Bertz CT molecular complexity index is 450. The monoisotopic (exact) mass is 280 g/mol. The average molecular weight is 281 g/mol. The first kappa shape index (κ1) is 11.4. The van der Waals surface area contributed by atoms with E-state index in [4.69, 9.17) is 10.2 Å². The minimum atomic E-state index is 0.663. The van der Waals surface area contributed by atoms with Crippen molar-refractivity contribution in [3.8, 4) is 11.3 Å². The SMILES string of the molecule is NCCCc1ncc(-c2ccc(Br)cc2)o1. The standard InChI is InChI=1S/C12H13BrN2O/c13-10-5-3-9(4-6-10)11-8-15-12(16-11)2-1-7-14/h3-6,8H,1-2,7,14H2. The molecule has 0 aliphatic heterocycles. The van der Waals surface area contributed by atoms with E-state index in [9.17, 15) is 0 Å². The van der Waals surface area contributed by atoms with E-state index in [1.807, 2.05) is 24.3 Å². The second kappa shape index (κ2) is 5.27. The van der Waals surface area contributed by atoms with E-state index >= 15 is 0 Å². The lowest BCUT2D eigenvalue weighted by Crippen LogP contribution is -2.00. The molecule has 0 saturated heterocycles. The summed E-state index contributed by atoms with van der Waals surface area (Å²) in [4.78, 5) is 4.22. The summed E-state index contributed by atoms with van der Waals surface area (Å²) in [5, 5.41) is 0. The van der Waals surface area contributed by atoms with Gasteiger partial charge in [0, 0.05) is 16.5 Å². The summed E-state index contributed by atoms with van der Waals surface area (Å²) < 4.78 is 6.68. The Kier molecular flexibility index (Phi) is 3.74. The number of oxazole rings is 1. The Labute approximate surface area is 103 Å². The highest BCUT2D eigenvalue weighted by atomic mass is 79.9. The average Bonchev–Trinajstić information content (AvgIpc) is 2.76. The fourth-order valence-electron chi connectivity index (χ4n) is 1.43. The van der Waals surface area contributed by atoms with Crippen molar-refractivity contribution in [2.45, 2.75) is 12.8 Å². The highest BCUT2D eigenvalue weighted by Gasteiger charge is 2.05. The first-order valence-corrected chi connectivity index (χ1v) is 5.99. The molecule has 2 rings (SSSR count). The molecular weight excluding hydrogens is 268 g/mol. The van der Waals surface area contributed by atoms with E-state index in [1.165, 1.54) is 0 Å². The quantitative estimate of drug-likeness (QED) is 0.937. The van der Waals surface area contributed by atoms with Crippen LogP contribution in [0.25, 0.3) is 11.3 Å². The van der Waals surface area contributed by atoms with Crippen LogP contribution < -0.4 is 5.73 Å². The van der Waals surface area contributed by atoms with E-state index in [-0.39, 0.29) is 0 Å². The third-order valence-corrected chi connectivity index (χ3v) is 2.81. The third kappa shape index (κ3) is 2.71. The molecule has 0 aliphatic carbocycles. The van der Waals surface area contributed by atoms with Crippen LogP contribution in [0.3, 0.4) is 0 Å². The molecule has 3 nitrogen and oxygen atoms in total. The maximum absolute atomic E-state index is 5.63. The highest BCUT2D eigenvalue weighted by molar-refractivity contribution is 9.10. The number of nitrogens with two attached hydrogens (primary N) is 1. The summed E-state index contributed by atoms with van der Waals surface area (Å²) in [6.07, 6.45) is 3.46. The van der Waals surface area contributed by atoms with E-state index in [2.05, 4.69) is 20.9 Å². The predicted octanol–water partition coefficient (Wildman–Crippen LogP) is 3.00. The van der Waals surface area contributed by atoms with Gasteiger partial charge in [-0.2, -0.15) is 0 Å². The normalized spacial score (nSPS) is 10.6. The molecule has 0 spiro atoms. The summed E-state index contributed by atoms with van der Waals surface area (Å²) in [5.74, 6) is 1.56. The van der Waals surface area contributed by atoms with Gasteiger partial charge in [-0.05, 0) is 25.1 Å². The Balaban J connectivity index is 2.15. The van der Waals surface area contributed by atoms with Gasteiger partial charge in [0.1, 0.15) is 0 Å². The summed E-state index contributed by atoms with van der Waals surface area (Å²) in [6.45, 7) is 0.663. The molecule has 0 amide bonds. The molecule has 0 unspecified atom stereocenters. The molecule has 16 heavy (non-hydrogen) atoms. The van der Waals surface area contributed by atoms with E-state index < -0.39 is 0 Å². The fourth-order valence-corrected chi connectivity index (χ4v) is 1.69. The van der Waals surface area contributed by atoms with Crippen molar-refractivity contribution in [2.75, 3.05) is 6.54 Å². The first-order valence-electron chi connectivity index (χ1n) is 5.20. The van der Waals surface area contributed by atoms with Crippen LogP contribution in [0.15, 0.2) is 39.4 Å². The third-order valence-electron chi connectivity index (χ3n) is 2.28. The Morgan fingerprint density at radius 2 is 2.00 bits per heavy atom. The van der Waals surface area contributed by atoms with Gasteiger partial charge in [-0.25, -0.2) is 4.98 Å². The van der Waals surface area contributed by atoms with E-state index in [1.54, 1.807) is 6.20 Å². The van der Waals surface area contributed by atoms with Crippen LogP contribution in [0, 0.1) is 0 Å². The van der Waals surface area contributed by atoms with Gasteiger partial charge in [0.15, 0.2) is 11.7 Å². The second-order valence-electron chi connectivity index (χ2n) is 3.52. The highest BCUT2D eigenvalue weighted by Crippen LogP contribution is 2.22. The van der Waals surface area contributed by atoms with Gasteiger partial charge in [-0.3, -0.25) is 0 Å². The number of hydrogen-bond acceptors (Lipinski definition) is 3. The zero-order chi connectivity index (χ0) is 11.4. The van der Waals surface area contributed by atoms with Gasteiger partial charge in [0.05, 0.1) is 6.20 Å². The van der Waals surface area contributed by atoms with Crippen molar-refractivity contribution in [1.29, 1.82) is 0 Å². The van der Waals surface area contributed by atoms with Crippen molar-refractivity contribution in [3.05, 3.63) is 40.8 Å². The molecule has 0 aliphatic rings. The van der Waals surface area contributed by atoms with Crippen LogP contribution >= 0.6 is 15.9 Å². The Hall–Kier alpha value is -1.13. The molecule has 0 bridgehead atoms. The van der Waals surface area contributed by atoms with Gasteiger partial charge in [0.25, 0.3) is 0 Å². The number of aryl methyl sites for hydroxylation is 1. The van der Waals surface area contributed by atoms with E-state index in [0.29, 0.717) is 6.54 Å². The lowest BCUT2D eigenvalue weighted by atomic mass is 10.2. The zero-order valence-corrected chi connectivity index (χ0v) is 10.4. The second-order valence-corrected chi connectivity index (χ2v) is 4.43. The van der Waals surface area contributed by atoms with Crippen LogP contribution in [-0.2, 0) is 6.42 Å². The smallest absolute Gasteiger partial charge is 0.194 e. The van der Waals surface area contributed by atoms with Crippen molar-refractivity contribution in [1.82, 2.24) is 4.98 Å². The van der Waals surface area contributed by atoms with E-state index in [0.717, 1.165) is 34.5 Å². The number of nitrogens with zero attached hydrogens (tertiary/aromatic N) is 1. The first-order chi connectivity index (χ1) is 7.79. The van der Waals surface area contributed by atoms with Crippen LogP contribution in [0.1, 0.15) is 12.3 Å². The maximum atomic E-state index is 5.63. The van der Waals surface area contributed by atoms with Crippen molar-refractivity contribution >= 4 is 15.9 Å². The molecule has 1 aromatic heterocycles. The lowest BCUT2D eigenvalue weighted by molar-refractivity contribution is 0.499. The molecule has 2 aromatic rings. The van der Waals surface area contributed by atoms with Crippen molar-refractivity contribution < 1.29 is 4.42 Å². The summed E-state index contributed by atoms with van der Waals surface area (Å²) >= 11 is 3.40. The lowest BCUT2D eigenvalue weighted by Gasteiger charge is -1.96. The van der Waals surface area contributed by atoms with Crippen LogP contribution in [-0.4, -0.2) is 11.5 Å². The molecule has 0 radical (unpaired) electrons. The molecule has 1 heterocycles. The maximum Gasteiger partial charge on any atom is 0.194 e. The molecule has 0 fully saturated rings. The van der Waals surface area contributed by atoms with Gasteiger partial charge >= 0.3 is 0 Å². The predicted molar refractivity (Wildman–Crippen MR) is 67.0 cm³/mol. The van der Waals surface area contributed by atoms with Gasteiger partial charge in [-0.15, -0.1) is 0 Å². The van der Waals surface area contributed by atoms with Crippen molar-refractivity contribution in [3.63, 3.8) is 0 Å². The van der Waals surface area contributed by atoms with Crippen LogP contribution in [0.4, 0.5) is 0 Å². The molecule has 0 saturated carbocycles. The molecule has 84 valence electrons. The topological polar surface area (TPSA) is 52.0 Å². The largest absolute Gasteiger partial charge is 0.441 e. The number of benzene rings is 1. The summed E-state index contributed by atoms with van der Waals surface area (Å²) in [6, 6.07) is 7.96. The van der Waals surface area contributed by atoms with Crippen molar-refractivity contribution in [2.24, 2.45) is 5.73 Å². The van der Waals surface area contributed by atoms with Gasteiger partial charge in [-0.1, -0.05) is 28.1 Å². The summed E-state index contributed by atoms with van der Waals surface area (Å²) in [5.41, 5.74) is 6.47. The Morgan fingerprint density at radius 3 is 2.69 bits per heavy atom. The number of aromatic nitrogens is 1. The minimum absolute atomic E-state index is 0.663. The van der Waals surface area contributed by atoms with Gasteiger partial charge < -0.3 is 10.2 Å². The summed E-state index contributed by atoms with van der Waals surface area (Å²) in [7, 11) is 0. The molecule has 0 atom stereocenters. The number of hydrogen-bond donors (Lipinski definition) is 1. The van der Waals surface area contributed by atoms with Crippen LogP contribution in [0.5, 0.6) is 0 Å². The minimum Gasteiger partial charge on any atom is -0.441 e. The molecular formula is C12H13BrN2O.